The van der Waals surface area contributed by atoms with Gasteiger partial charge in [0.25, 0.3) is 5.91 Å². The molecule has 0 aromatic heterocycles. The molecule has 0 spiro atoms. The molecule has 3 aliphatic rings. The molecule has 0 bridgehead atoms. The number of halogens is 1. The highest BCUT2D eigenvalue weighted by molar-refractivity contribution is 6.03. The van der Waals surface area contributed by atoms with Crippen molar-refractivity contribution in [1.29, 1.82) is 0 Å². The summed E-state index contributed by atoms with van der Waals surface area (Å²) < 4.78 is 30.2. The van der Waals surface area contributed by atoms with Crippen LogP contribution in [-0.2, 0) is 9.53 Å². The lowest BCUT2D eigenvalue weighted by Gasteiger charge is -2.35. The Labute approximate surface area is 186 Å². The standard InChI is InChI=1S/C24H26FN3O4/c1-15-11-27(12-16(2)32-15)13-24(29)28-21(18-5-8-22-23(9-18)31-14-30-22)10-20(26-28)17-3-6-19(25)7-4-17/h3-9,15-16,21H,10-14H2,1-2H3. The van der Waals surface area contributed by atoms with Crippen LogP contribution in [0.15, 0.2) is 47.6 Å². The van der Waals surface area contributed by atoms with Crippen LogP contribution in [-0.4, -0.2) is 60.2 Å². The van der Waals surface area contributed by atoms with Gasteiger partial charge in [0, 0.05) is 19.5 Å². The van der Waals surface area contributed by atoms with Crippen molar-refractivity contribution in [2.45, 2.75) is 38.5 Å². The van der Waals surface area contributed by atoms with Gasteiger partial charge in [0.15, 0.2) is 11.5 Å². The lowest BCUT2D eigenvalue weighted by molar-refractivity contribution is -0.137. The lowest BCUT2D eigenvalue weighted by Crippen LogP contribution is -2.49. The molecule has 0 N–H and O–H groups in total. The summed E-state index contributed by atoms with van der Waals surface area (Å²) in [6.45, 7) is 5.89. The molecule has 3 heterocycles. The molecule has 1 amide bonds. The zero-order valence-corrected chi connectivity index (χ0v) is 18.2. The molecule has 168 valence electrons. The number of morpholine rings is 1. The van der Waals surface area contributed by atoms with Crippen molar-refractivity contribution in [3.05, 3.63) is 59.4 Å². The summed E-state index contributed by atoms with van der Waals surface area (Å²) in [5.74, 6) is 0.982. The molecule has 0 saturated carbocycles. The van der Waals surface area contributed by atoms with Gasteiger partial charge in [0.1, 0.15) is 5.82 Å². The van der Waals surface area contributed by atoms with Crippen molar-refractivity contribution in [3.8, 4) is 11.5 Å². The summed E-state index contributed by atoms with van der Waals surface area (Å²) in [7, 11) is 0. The largest absolute Gasteiger partial charge is 0.454 e. The van der Waals surface area contributed by atoms with Crippen LogP contribution in [0.4, 0.5) is 4.39 Å². The van der Waals surface area contributed by atoms with Crippen molar-refractivity contribution in [2.24, 2.45) is 5.10 Å². The number of nitrogens with zero attached hydrogens (tertiary/aromatic N) is 3. The molecule has 32 heavy (non-hydrogen) atoms. The number of hydrazone groups is 1. The molecule has 1 fully saturated rings. The molecule has 7 nitrogen and oxygen atoms in total. The maximum atomic E-state index is 13.4. The van der Waals surface area contributed by atoms with Gasteiger partial charge in [-0.05, 0) is 49.2 Å². The Bertz CT molecular complexity index is 1030. The minimum atomic E-state index is -0.303. The molecule has 3 unspecified atom stereocenters. The zero-order chi connectivity index (χ0) is 22.2. The van der Waals surface area contributed by atoms with E-state index < -0.39 is 0 Å². The molecule has 3 atom stereocenters. The van der Waals surface area contributed by atoms with E-state index in [9.17, 15) is 9.18 Å². The molecule has 0 aliphatic carbocycles. The van der Waals surface area contributed by atoms with Gasteiger partial charge in [-0.2, -0.15) is 5.10 Å². The minimum Gasteiger partial charge on any atom is -0.454 e. The minimum absolute atomic E-state index is 0.0769. The third-order valence-electron chi connectivity index (χ3n) is 5.98. The van der Waals surface area contributed by atoms with Crippen molar-refractivity contribution >= 4 is 11.6 Å². The third-order valence-corrected chi connectivity index (χ3v) is 5.98. The summed E-state index contributed by atoms with van der Waals surface area (Å²) in [6.07, 6.45) is 0.688. The maximum Gasteiger partial charge on any atom is 0.257 e. The van der Waals surface area contributed by atoms with Crippen molar-refractivity contribution in [1.82, 2.24) is 9.91 Å². The molecular formula is C24H26FN3O4. The molecule has 1 saturated heterocycles. The molecule has 0 radical (unpaired) electrons. The number of hydrogen-bond donors (Lipinski definition) is 0. The van der Waals surface area contributed by atoms with E-state index in [0.29, 0.717) is 31.0 Å². The van der Waals surface area contributed by atoms with E-state index in [-0.39, 0.29) is 43.3 Å². The van der Waals surface area contributed by atoms with E-state index in [1.807, 2.05) is 32.0 Å². The highest BCUT2D eigenvalue weighted by Gasteiger charge is 2.35. The maximum absolute atomic E-state index is 13.4. The van der Waals surface area contributed by atoms with Crippen LogP contribution >= 0.6 is 0 Å². The van der Waals surface area contributed by atoms with E-state index >= 15 is 0 Å². The average molecular weight is 439 g/mol. The molecule has 3 aliphatic heterocycles. The Morgan fingerprint density at radius 1 is 1.06 bits per heavy atom. The van der Waals surface area contributed by atoms with Gasteiger partial charge < -0.3 is 14.2 Å². The monoisotopic (exact) mass is 439 g/mol. The number of hydrogen-bond acceptors (Lipinski definition) is 6. The van der Waals surface area contributed by atoms with Gasteiger partial charge in [0.05, 0.1) is 30.5 Å². The van der Waals surface area contributed by atoms with Crippen molar-refractivity contribution < 1.29 is 23.4 Å². The molecular weight excluding hydrogens is 413 g/mol. The Hall–Kier alpha value is -2.97. The van der Waals surface area contributed by atoms with Gasteiger partial charge in [0.2, 0.25) is 6.79 Å². The van der Waals surface area contributed by atoms with Crippen LogP contribution in [0, 0.1) is 5.82 Å². The average Bonchev–Trinajstić information content (AvgIpc) is 3.40. The first kappa shape index (κ1) is 20.9. The fourth-order valence-electron chi connectivity index (χ4n) is 4.61. The summed E-state index contributed by atoms with van der Waals surface area (Å²) in [6, 6.07) is 11.7. The van der Waals surface area contributed by atoms with Crippen molar-refractivity contribution in [2.75, 3.05) is 26.4 Å². The molecule has 8 heteroatoms. The third kappa shape index (κ3) is 4.20. The van der Waals surface area contributed by atoms with E-state index in [1.165, 1.54) is 12.1 Å². The first-order valence-electron chi connectivity index (χ1n) is 10.9. The predicted molar refractivity (Wildman–Crippen MR) is 116 cm³/mol. The van der Waals surface area contributed by atoms with Gasteiger partial charge in [-0.25, -0.2) is 9.40 Å². The topological polar surface area (TPSA) is 63.6 Å². The summed E-state index contributed by atoms with van der Waals surface area (Å²) in [4.78, 5) is 15.5. The Morgan fingerprint density at radius 3 is 2.53 bits per heavy atom. The van der Waals surface area contributed by atoms with Crippen LogP contribution in [0.3, 0.4) is 0 Å². The first-order valence-corrected chi connectivity index (χ1v) is 10.9. The number of rotatable bonds is 4. The first-order chi connectivity index (χ1) is 15.5. The van der Waals surface area contributed by atoms with Crippen LogP contribution in [0.25, 0.3) is 0 Å². The molecule has 5 rings (SSSR count). The smallest absolute Gasteiger partial charge is 0.257 e. The second-order valence-electron chi connectivity index (χ2n) is 8.58. The Kier molecular flexibility index (Phi) is 5.57. The fraction of sp³-hybridized carbons (Fsp3) is 0.417. The highest BCUT2D eigenvalue weighted by atomic mass is 19.1. The normalized spacial score (nSPS) is 25.2. The SMILES string of the molecule is CC1CN(CC(=O)N2N=C(c3ccc(F)cc3)CC2c2ccc3c(c2)OCO3)CC(C)O1. The van der Waals surface area contributed by atoms with Gasteiger partial charge >= 0.3 is 0 Å². The van der Waals surface area contributed by atoms with Crippen LogP contribution in [0.5, 0.6) is 11.5 Å². The summed E-state index contributed by atoms with van der Waals surface area (Å²) in [5, 5.41) is 6.26. The van der Waals surface area contributed by atoms with E-state index in [4.69, 9.17) is 19.3 Å². The van der Waals surface area contributed by atoms with E-state index in [1.54, 1.807) is 17.1 Å². The second-order valence-corrected chi connectivity index (χ2v) is 8.58. The summed E-state index contributed by atoms with van der Waals surface area (Å²) >= 11 is 0. The van der Waals surface area contributed by atoms with Crippen LogP contribution in [0.2, 0.25) is 0 Å². The fourth-order valence-corrected chi connectivity index (χ4v) is 4.61. The Balaban J connectivity index is 1.42. The van der Waals surface area contributed by atoms with Gasteiger partial charge in [-0.3, -0.25) is 9.69 Å². The predicted octanol–water partition coefficient (Wildman–Crippen LogP) is 3.34. The van der Waals surface area contributed by atoms with Crippen molar-refractivity contribution in [3.63, 3.8) is 0 Å². The Morgan fingerprint density at radius 2 is 1.78 bits per heavy atom. The zero-order valence-electron chi connectivity index (χ0n) is 18.2. The number of ether oxygens (including phenoxy) is 3. The number of fused-ring (bicyclic) bond motifs is 1. The number of carbonyl (C=O) groups is 1. The second kappa shape index (κ2) is 8.52. The number of carbonyl (C=O) groups excluding carboxylic acids is 1. The summed E-state index contributed by atoms with van der Waals surface area (Å²) in [5.41, 5.74) is 2.48. The molecule has 2 aromatic rings. The lowest BCUT2D eigenvalue weighted by atomic mass is 9.98. The van der Waals surface area contributed by atoms with Crippen LogP contribution < -0.4 is 9.47 Å². The highest BCUT2D eigenvalue weighted by Crippen LogP contribution is 2.39. The quantitative estimate of drug-likeness (QED) is 0.731. The van der Waals surface area contributed by atoms with Gasteiger partial charge in [-0.15, -0.1) is 0 Å². The van der Waals surface area contributed by atoms with Gasteiger partial charge in [-0.1, -0.05) is 18.2 Å². The van der Waals surface area contributed by atoms with E-state index in [0.717, 1.165) is 16.8 Å². The van der Waals surface area contributed by atoms with Crippen LogP contribution in [0.1, 0.15) is 37.4 Å². The molecule has 2 aromatic carbocycles. The number of amides is 1. The van der Waals surface area contributed by atoms with E-state index in [2.05, 4.69) is 4.90 Å². The number of benzene rings is 2.